The Morgan fingerprint density at radius 2 is 2.07 bits per heavy atom. The molecule has 0 saturated carbocycles. The molecule has 1 saturated heterocycles. The summed E-state index contributed by atoms with van der Waals surface area (Å²) in [5.74, 6) is 0.547. The lowest BCUT2D eigenvalue weighted by molar-refractivity contribution is -0.209. The van der Waals surface area contributed by atoms with Gasteiger partial charge in [-0.2, -0.15) is 4.52 Å². The fourth-order valence-corrected chi connectivity index (χ4v) is 3.21. The van der Waals surface area contributed by atoms with E-state index in [1.165, 1.54) is 0 Å². The van der Waals surface area contributed by atoms with E-state index in [-0.39, 0.29) is 5.54 Å². The summed E-state index contributed by atoms with van der Waals surface area (Å²) in [6.07, 6.45) is 0. The van der Waals surface area contributed by atoms with Crippen LogP contribution >= 0.6 is 8.09 Å². The van der Waals surface area contributed by atoms with Gasteiger partial charge in [-0.15, -0.1) is 5.09 Å². The van der Waals surface area contributed by atoms with E-state index in [4.69, 9.17) is 9.05 Å². The van der Waals surface area contributed by atoms with Gasteiger partial charge in [0.1, 0.15) is 6.61 Å². The molecular weight excluding hydrogens is 213 g/mol. The van der Waals surface area contributed by atoms with Gasteiger partial charge >= 0.3 is 8.09 Å². The van der Waals surface area contributed by atoms with Crippen molar-refractivity contribution in [2.45, 2.75) is 19.4 Å². The maximum Gasteiger partial charge on any atom is 0.362 e. The standard InChI is InChI=1S/C10H14NO3P/c1-10(2)8-13-15(12,11-10)14-9-6-4-3-5-7-9/h3-7H,8H2,1-2H3,(H,11,12). The van der Waals surface area contributed by atoms with E-state index in [0.29, 0.717) is 12.4 Å². The van der Waals surface area contributed by atoms with Gasteiger partial charge in [-0.05, 0) is 26.0 Å². The van der Waals surface area contributed by atoms with Crippen molar-refractivity contribution in [3.05, 3.63) is 30.3 Å². The second-order valence-corrected chi connectivity index (χ2v) is 5.83. The molecule has 15 heavy (non-hydrogen) atoms. The summed E-state index contributed by atoms with van der Waals surface area (Å²) in [6.45, 7) is 4.22. The monoisotopic (exact) mass is 227 g/mol. The van der Waals surface area contributed by atoms with Crippen molar-refractivity contribution < 1.29 is 13.9 Å². The summed E-state index contributed by atoms with van der Waals surface area (Å²) >= 11 is 0. The first-order valence-electron chi connectivity index (χ1n) is 4.78. The maximum atomic E-state index is 12.0. The Hall–Kier alpha value is -0.670. The second-order valence-electron chi connectivity index (χ2n) is 4.17. The van der Waals surface area contributed by atoms with Gasteiger partial charge in [0.15, 0.2) is 5.75 Å². The van der Waals surface area contributed by atoms with E-state index in [0.717, 1.165) is 0 Å². The van der Waals surface area contributed by atoms with Crippen LogP contribution in [0.4, 0.5) is 0 Å². The lowest BCUT2D eigenvalue weighted by Crippen LogP contribution is -2.38. The third-order valence-electron chi connectivity index (χ3n) is 2.00. The van der Waals surface area contributed by atoms with Gasteiger partial charge < -0.3 is 9.42 Å². The summed E-state index contributed by atoms with van der Waals surface area (Å²) in [6, 6.07) is 9.01. The molecule has 0 radical (unpaired) electrons. The highest BCUT2D eigenvalue weighted by Gasteiger charge is 2.47. The van der Waals surface area contributed by atoms with Gasteiger partial charge in [0, 0.05) is 0 Å². The van der Waals surface area contributed by atoms with E-state index in [1.54, 1.807) is 12.1 Å². The molecule has 1 aromatic rings. The molecule has 1 unspecified atom stereocenters. The molecular formula is C10H14NO3P. The Morgan fingerprint density at radius 1 is 1.40 bits per heavy atom. The van der Waals surface area contributed by atoms with E-state index in [2.05, 4.69) is 5.09 Å². The van der Waals surface area contributed by atoms with Crippen LogP contribution in [0.15, 0.2) is 30.3 Å². The fourth-order valence-electron chi connectivity index (χ4n) is 1.35. The predicted octanol–water partition coefficient (Wildman–Crippen LogP) is 1.50. The Morgan fingerprint density at radius 3 is 2.60 bits per heavy atom. The minimum atomic E-state index is -3.16. The van der Waals surface area contributed by atoms with Crippen LogP contribution in [0.2, 0.25) is 0 Å². The largest absolute Gasteiger partial charge is 0.608 e. The predicted molar refractivity (Wildman–Crippen MR) is 57.2 cm³/mol. The van der Waals surface area contributed by atoms with Crippen molar-refractivity contribution >= 4 is 8.09 Å². The van der Waals surface area contributed by atoms with Crippen LogP contribution in [0, 0.1) is 0 Å². The van der Waals surface area contributed by atoms with Crippen molar-refractivity contribution in [3.63, 3.8) is 0 Å². The maximum absolute atomic E-state index is 12.0. The number of benzene rings is 1. The number of hydrogen-bond donors (Lipinski definition) is 1. The fraction of sp³-hybridized carbons (Fsp3) is 0.400. The van der Waals surface area contributed by atoms with Gasteiger partial charge in [0.05, 0.1) is 5.54 Å². The molecule has 1 atom stereocenters. The lowest BCUT2D eigenvalue weighted by Gasteiger charge is -2.23. The third-order valence-corrected chi connectivity index (χ3v) is 3.80. The Labute approximate surface area is 89.9 Å². The SMILES string of the molecule is CC1(C)CO[P+]([O-])(Oc2ccccc2)N1. The van der Waals surface area contributed by atoms with Crippen LogP contribution in [0.1, 0.15) is 13.8 Å². The highest BCUT2D eigenvalue weighted by Crippen LogP contribution is 2.54. The van der Waals surface area contributed by atoms with Crippen LogP contribution in [0.5, 0.6) is 5.75 Å². The molecule has 1 heterocycles. The van der Waals surface area contributed by atoms with Crippen molar-refractivity contribution in [2.24, 2.45) is 0 Å². The van der Waals surface area contributed by atoms with E-state index < -0.39 is 8.09 Å². The molecule has 1 aromatic carbocycles. The molecule has 0 amide bonds. The van der Waals surface area contributed by atoms with Gasteiger partial charge in [-0.25, -0.2) is 0 Å². The van der Waals surface area contributed by atoms with Crippen LogP contribution in [0.3, 0.4) is 0 Å². The van der Waals surface area contributed by atoms with Gasteiger partial charge in [-0.3, -0.25) is 0 Å². The Bertz CT molecular complexity index is 344. The molecule has 0 bridgehead atoms. The van der Waals surface area contributed by atoms with E-state index >= 15 is 0 Å². The first-order valence-corrected chi connectivity index (χ1v) is 6.32. The topological polar surface area (TPSA) is 53.5 Å². The highest BCUT2D eigenvalue weighted by atomic mass is 31.2. The summed E-state index contributed by atoms with van der Waals surface area (Å²) in [7, 11) is -3.16. The summed E-state index contributed by atoms with van der Waals surface area (Å²) in [5.41, 5.74) is -0.301. The van der Waals surface area contributed by atoms with Gasteiger partial charge in [0.25, 0.3) is 0 Å². The highest BCUT2D eigenvalue weighted by molar-refractivity contribution is 7.57. The summed E-state index contributed by atoms with van der Waals surface area (Å²) in [5, 5.41) is 2.87. The van der Waals surface area contributed by atoms with Crippen LogP contribution in [0.25, 0.3) is 0 Å². The summed E-state index contributed by atoms with van der Waals surface area (Å²) in [4.78, 5) is 12.0. The van der Waals surface area contributed by atoms with Crippen molar-refractivity contribution in [1.29, 1.82) is 0 Å². The smallest absolute Gasteiger partial charge is 0.362 e. The average Bonchev–Trinajstić information content (AvgIpc) is 2.42. The minimum absolute atomic E-state index is 0.301. The van der Waals surface area contributed by atoms with Crippen molar-refractivity contribution in [3.8, 4) is 5.75 Å². The molecule has 1 aliphatic rings. The molecule has 1 N–H and O–H groups in total. The normalized spacial score (nSPS) is 29.0. The van der Waals surface area contributed by atoms with E-state index in [1.807, 2.05) is 32.0 Å². The lowest BCUT2D eigenvalue weighted by atomic mass is 10.1. The Balaban J connectivity index is 2.07. The molecule has 4 nitrogen and oxygen atoms in total. The molecule has 1 aliphatic heterocycles. The molecule has 82 valence electrons. The molecule has 0 spiro atoms. The summed E-state index contributed by atoms with van der Waals surface area (Å²) < 4.78 is 10.5. The minimum Gasteiger partial charge on any atom is -0.608 e. The zero-order valence-corrected chi connectivity index (χ0v) is 9.66. The average molecular weight is 227 g/mol. The van der Waals surface area contributed by atoms with Gasteiger partial charge in [0.2, 0.25) is 0 Å². The number of nitrogens with one attached hydrogen (secondary N) is 1. The number of hydrogen-bond acceptors (Lipinski definition) is 4. The quantitative estimate of drug-likeness (QED) is 0.778. The van der Waals surface area contributed by atoms with E-state index in [9.17, 15) is 4.89 Å². The molecule has 2 rings (SSSR count). The van der Waals surface area contributed by atoms with Crippen LogP contribution in [-0.4, -0.2) is 12.1 Å². The molecule has 1 fully saturated rings. The van der Waals surface area contributed by atoms with Gasteiger partial charge in [-0.1, -0.05) is 18.2 Å². The third kappa shape index (κ3) is 2.67. The number of rotatable bonds is 2. The molecule has 5 heteroatoms. The van der Waals surface area contributed by atoms with Crippen molar-refractivity contribution in [2.75, 3.05) is 6.61 Å². The first-order chi connectivity index (χ1) is 6.99. The molecule has 0 aliphatic carbocycles. The first kappa shape index (κ1) is 10.8. The van der Waals surface area contributed by atoms with Crippen LogP contribution in [-0.2, 0) is 4.52 Å². The Kier molecular flexibility index (Phi) is 2.69. The second kappa shape index (κ2) is 3.72. The number of para-hydroxylation sites is 1. The van der Waals surface area contributed by atoms with Crippen LogP contribution < -0.4 is 14.5 Å². The zero-order chi connectivity index (χ0) is 10.9. The van der Waals surface area contributed by atoms with Crippen molar-refractivity contribution in [1.82, 2.24) is 5.09 Å². The zero-order valence-electron chi connectivity index (χ0n) is 8.77. The molecule has 0 aromatic heterocycles.